The number of ether oxygens (including phenoxy) is 2. The second-order valence-electron chi connectivity index (χ2n) is 5.21. The SMILES string of the molecule is CCCNC(=O)c1ccc(OCc2c(C)noc2C)c(OC)c1. The van der Waals surface area contributed by atoms with Gasteiger partial charge in [0.05, 0.1) is 18.4 Å². The highest BCUT2D eigenvalue weighted by atomic mass is 16.5. The maximum Gasteiger partial charge on any atom is 0.251 e. The number of aryl methyl sites for hydroxylation is 2. The Morgan fingerprint density at radius 3 is 2.70 bits per heavy atom. The lowest BCUT2D eigenvalue weighted by atomic mass is 10.2. The number of rotatable bonds is 7. The van der Waals surface area contributed by atoms with Crippen molar-refractivity contribution in [2.75, 3.05) is 13.7 Å². The van der Waals surface area contributed by atoms with Crippen LogP contribution in [0.5, 0.6) is 11.5 Å². The van der Waals surface area contributed by atoms with Crippen LogP contribution in [-0.4, -0.2) is 24.7 Å². The molecule has 124 valence electrons. The number of benzene rings is 1. The molecule has 0 spiro atoms. The van der Waals surface area contributed by atoms with Gasteiger partial charge >= 0.3 is 0 Å². The minimum absolute atomic E-state index is 0.123. The number of nitrogens with zero attached hydrogens (tertiary/aromatic N) is 1. The van der Waals surface area contributed by atoms with Crippen molar-refractivity contribution >= 4 is 5.91 Å². The largest absolute Gasteiger partial charge is 0.493 e. The van der Waals surface area contributed by atoms with E-state index in [2.05, 4.69) is 10.5 Å². The van der Waals surface area contributed by atoms with Crippen LogP contribution >= 0.6 is 0 Å². The van der Waals surface area contributed by atoms with Crippen molar-refractivity contribution in [3.8, 4) is 11.5 Å². The fourth-order valence-electron chi connectivity index (χ4n) is 2.13. The third kappa shape index (κ3) is 4.03. The Labute approximate surface area is 135 Å². The Balaban J connectivity index is 2.12. The molecule has 0 aliphatic heterocycles. The molecule has 0 saturated carbocycles. The Hall–Kier alpha value is -2.50. The summed E-state index contributed by atoms with van der Waals surface area (Å²) in [5.41, 5.74) is 2.26. The zero-order chi connectivity index (χ0) is 16.8. The number of methoxy groups -OCH3 is 1. The minimum Gasteiger partial charge on any atom is -0.493 e. The Morgan fingerprint density at radius 2 is 2.09 bits per heavy atom. The van der Waals surface area contributed by atoms with Crippen LogP contribution in [0.15, 0.2) is 22.7 Å². The molecule has 0 radical (unpaired) electrons. The zero-order valence-electron chi connectivity index (χ0n) is 13.9. The van der Waals surface area contributed by atoms with Crippen molar-refractivity contribution in [2.45, 2.75) is 33.8 Å². The molecule has 1 aromatic carbocycles. The van der Waals surface area contributed by atoms with E-state index in [-0.39, 0.29) is 5.91 Å². The predicted molar refractivity (Wildman–Crippen MR) is 85.9 cm³/mol. The van der Waals surface area contributed by atoms with E-state index in [1.165, 1.54) is 0 Å². The lowest BCUT2D eigenvalue weighted by Gasteiger charge is -2.12. The second-order valence-corrected chi connectivity index (χ2v) is 5.21. The van der Waals surface area contributed by atoms with Crippen LogP contribution in [0.2, 0.25) is 0 Å². The summed E-state index contributed by atoms with van der Waals surface area (Å²) in [6, 6.07) is 5.13. The van der Waals surface area contributed by atoms with Gasteiger partial charge in [-0.1, -0.05) is 12.1 Å². The first-order valence-electron chi connectivity index (χ1n) is 7.57. The molecule has 1 amide bonds. The summed E-state index contributed by atoms with van der Waals surface area (Å²) in [4.78, 5) is 12.0. The van der Waals surface area contributed by atoms with Crippen LogP contribution in [0, 0.1) is 13.8 Å². The molecule has 0 fully saturated rings. The molecule has 2 rings (SSSR count). The van der Waals surface area contributed by atoms with Crippen molar-refractivity contribution in [3.63, 3.8) is 0 Å². The van der Waals surface area contributed by atoms with E-state index < -0.39 is 0 Å². The van der Waals surface area contributed by atoms with E-state index in [9.17, 15) is 4.79 Å². The minimum atomic E-state index is -0.123. The fourth-order valence-corrected chi connectivity index (χ4v) is 2.13. The van der Waals surface area contributed by atoms with Crippen LogP contribution in [0.1, 0.15) is 40.7 Å². The van der Waals surface area contributed by atoms with Gasteiger partial charge in [0, 0.05) is 12.1 Å². The highest BCUT2D eigenvalue weighted by molar-refractivity contribution is 5.94. The van der Waals surface area contributed by atoms with Gasteiger partial charge in [0.1, 0.15) is 12.4 Å². The maximum absolute atomic E-state index is 12.0. The number of hydrogen-bond acceptors (Lipinski definition) is 5. The fraction of sp³-hybridized carbons (Fsp3) is 0.412. The summed E-state index contributed by atoms with van der Waals surface area (Å²) in [6.45, 7) is 6.70. The third-order valence-electron chi connectivity index (χ3n) is 3.51. The highest BCUT2D eigenvalue weighted by Gasteiger charge is 2.13. The van der Waals surface area contributed by atoms with Crippen molar-refractivity contribution in [1.29, 1.82) is 0 Å². The van der Waals surface area contributed by atoms with Gasteiger partial charge in [-0.15, -0.1) is 0 Å². The van der Waals surface area contributed by atoms with Gasteiger partial charge in [-0.05, 0) is 38.5 Å². The van der Waals surface area contributed by atoms with Gasteiger partial charge in [0.25, 0.3) is 5.91 Å². The van der Waals surface area contributed by atoms with Crippen LogP contribution in [0.25, 0.3) is 0 Å². The lowest BCUT2D eigenvalue weighted by Crippen LogP contribution is -2.23. The molecule has 0 saturated heterocycles. The number of carbonyl (C=O) groups is 1. The monoisotopic (exact) mass is 318 g/mol. The summed E-state index contributed by atoms with van der Waals surface area (Å²) in [5, 5.41) is 6.73. The standard InChI is InChI=1S/C17H22N2O4/c1-5-8-18-17(20)13-6-7-15(16(9-13)21-4)22-10-14-11(2)19-23-12(14)3/h6-7,9H,5,8,10H2,1-4H3,(H,18,20). The molecule has 0 unspecified atom stereocenters. The average molecular weight is 318 g/mol. The number of aromatic nitrogens is 1. The normalized spacial score (nSPS) is 10.4. The Bertz CT molecular complexity index is 660. The van der Waals surface area contributed by atoms with Crippen LogP contribution < -0.4 is 14.8 Å². The summed E-state index contributed by atoms with van der Waals surface area (Å²) in [6.07, 6.45) is 0.890. The Morgan fingerprint density at radius 1 is 1.30 bits per heavy atom. The number of amides is 1. The molecular weight excluding hydrogens is 296 g/mol. The van der Waals surface area contributed by atoms with Crippen molar-refractivity contribution in [1.82, 2.24) is 10.5 Å². The molecule has 0 aliphatic rings. The summed E-state index contributed by atoms with van der Waals surface area (Å²) >= 11 is 0. The second kappa shape index (κ2) is 7.67. The van der Waals surface area contributed by atoms with E-state index in [1.807, 2.05) is 20.8 Å². The van der Waals surface area contributed by atoms with Gasteiger partial charge in [0.15, 0.2) is 11.5 Å². The number of nitrogens with one attached hydrogen (secondary N) is 1. The molecule has 6 heteroatoms. The molecule has 0 atom stereocenters. The van der Waals surface area contributed by atoms with Crippen molar-refractivity contribution in [3.05, 3.63) is 40.8 Å². The Kier molecular flexibility index (Phi) is 5.62. The maximum atomic E-state index is 12.0. The molecule has 23 heavy (non-hydrogen) atoms. The van der Waals surface area contributed by atoms with Crippen LogP contribution in [0.3, 0.4) is 0 Å². The topological polar surface area (TPSA) is 73.6 Å². The molecular formula is C17H22N2O4. The van der Waals surface area contributed by atoms with Crippen molar-refractivity contribution in [2.24, 2.45) is 0 Å². The average Bonchev–Trinajstić information content (AvgIpc) is 2.88. The van der Waals surface area contributed by atoms with Gasteiger partial charge in [-0.25, -0.2) is 0 Å². The first kappa shape index (κ1) is 16.9. The van der Waals surface area contributed by atoms with Crippen LogP contribution in [0.4, 0.5) is 0 Å². The van der Waals surface area contributed by atoms with E-state index in [1.54, 1.807) is 25.3 Å². The predicted octanol–water partition coefficient (Wildman–Crippen LogP) is 3.02. The van der Waals surface area contributed by atoms with E-state index in [4.69, 9.17) is 14.0 Å². The third-order valence-corrected chi connectivity index (χ3v) is 3.51. The number of carbonyl (C=O) groups excluding carboxylic acids is 1. The first-order chi connectivity index (χ1) is 11.1. The molecule has 0 bridgehead atoms. The number of hydrogen-bond donors (Lipinski definition) is 1. The lowest BCUT2D eigenvalue weighted by molar-refractivity contribution is 0.0953. The van der Waals surface area contributed by atoms with Gasteiger partial charge in [-0.3, -0.25) is 4.79 Å². The molecule has 1 heterocycles. The van der Waals surface area contributed by atoms with E-state index >= 15 is 0 Å². The van der Waals surface area contributed by atoms with E-state index in [0.717, 1.165) is 23.4 Å². The molecule has 1 N–H and O–H groups in total. The molecule has 6 nitrogen and oxygen atoms in total. The zero-order valence-corrected chi connectivity index (χ0v) is 13.9. The molecule has 2 aromatic rings. The van der Waals surface area contributed by atoms with E-state index in [0.29, 0.717) is 30.2 Å². The molecule has 0 aliphatic carbocycles. The van der Waals surface area contributed by atoms with Gasteiger partial charge < -0.3 is 19.3 Å². The molecule has 1 aromatic heterocycles. The van der Waals surface area contributed by atoms with Gasteiger partial charge in [-0.2, -0.15) is 0 Å². The van der Waals surface area contributed by atoms with Crippen LogP contribution in [-0.2, 0) is 6.61 Å². The quantitative estimate of drug-likeness (QED) is 0.849. The first-order valence-corrected chi connectivity index (χ1v) is 7.57. The summed E-state index contributed by atoms with van der Waals surface area (Å²) < 4.78 is 16.2. The summed E-state index contributed by atoms with van der Waals surface area (Å²) in [5.74, 6) is 1.69. The van der Waals surface area contributed by atoms with Crippen molar-refractivity contribution < 1.29 is 18.8 Å². The van der Waals surface area contributed by atoms with Gasteiger partial charge in [0.2, 0.25) is 0 Å². The highest BCUT2D eigenvalue weighted by Crippen LogP contribution is 2.29. The summed E-state index contributed by atoms with van der Waals surface area (Å²) in [7, 11) is 1.55. The smallest absolute Gasteiger partial charge is 0.251 e.